The third kappa shape index (κ3) is 5.95. The molecule has 192 valence electrons. The van der Waals surface area contributed by atoms with Gasteiger partial charge in [-0.1, -0.05) is 0 Å². The molecular formula is C23H29NO9S2. The van der Waals surface area contributed by atoms with Gasteiger partial charge in [-0.25, -0.2) is 22.3 Å². The van der Waals surface area contributed by atoms with E-state index in [-0.39, 0.29) is 48.2 Å². The molecule has 3 rings (SSSR count). The van der Waals surface area contributed by atoms with Crippen molar-refractivity contribution in [3.8, 4) is 11.5 Å². The third-order valence-corrected chi connectivity index (χ3v) is 10.3. The monoisotopic (exact) mass is 527 g/mol. The molecule has 10 nitrogen and oxygen atoms in total. The lowest BCUT2D eigenvalue weighted by molar-refractivity contribution is -0.134. The average Bonchev–Trinajstić information content (AvgIpc) is 2.88. The van der Waals surface area contributed by atoms with Crippen molar-refractivity contribution >= 4 is 25.6 Å². The molecule has 35 heavy (non-hydrogen) atoms. The number of unbranched alkanes of at least 4 members (excludes halogenated alkanes) is 1. The minimum atomic E-state index is -4.11. The largest absolute Gasteiger partial charge is 0.497 e. The summed E-state index contributed by atoms with van der Waals surface area (Å²) in [5.74, 6) is -0.0189. The van der Waals surface area contributed by atoms with Gasteiger partial charge in [0.05, 0.1) is 29.3 Å². The Morgan fingerprint density at radius 2 is 1.51 bits per heavy atom. The van der Waals surface area contributed by atoms with Crippen LogP contribution in [-0.2, 0) is 29.2 Å². The Balaban J connectivity index is 1.55. The molecule has 12 heteroatoms. The van der Waals surface area contributed by atoms with Crippen LogP contribution in [0.4, 0.5) is 0 Å². The van der Waals surface area contributed by atoms with E-state index in [4.69, 9.17) is 19.4 Å². The Kier molecular flexibility index (Phi) is 8.75. The fraction of sp³-hybridized carbons (Fsp3) is 0.435. The van der Waals surface area contributed by atoms with Gasteiger partial charge < -0.3 is 14.2 Å². The molecule has 0 saturated carbocycles. The summed E-state index contributed by atoms with van der Waals surface area (Å²) in [6.07, 6.45) is 0.732. The maximum atomic E-state index is 13.2. The molecule has 0 unspecified atom stereocenters. The summed E-state index contributed by atoms with van der Waals surface area (Å²) < 4.78 is 65.4. The lowest BCUT2D eigenvalue weighted by Gasteiger charge is -2.34. The predicted molar refractivity (Wildman–Crippen MR) is 126 cm³/mol. The first-order valence-corrected chi connectivity index (χ1v) is 14.2. The van der Waals surface area contributed by atoms with E-state index in [1.165, 1.54) is 49.0 Å². The predicted octanol–water partition coefficient (Wildman–Crippen LogP) is 2.16. The van der Waals surface area contributed by atoms with Crippen molar-refractivity contribution in [3.63, 3.8) is 0 Å². The number of amides is 1. The molecule has 2 N–H and O–H groups in total. The van der Waals surface area contributed by atoms with Crippen molar-refractivity contribution in [3.05, 3.63) is 48.5 Å². The second kappa shape index (κ2) is 11.4. The molecule has 0 spiro atoms. The van der Waals surface area contributed by atoms with E-state index in [0.29, 0.717) is 24.3 Å². The smallest absolute Gasteiger partial charge is 0.265 e. The Hall–Kier alpha value is -2.67. The van der Waals surface area contributed by atoms with Crippen molar-refractivity contribution < 1.29 is 41.0 Å². The zero-order valence-electron chi connectivity index (χ0n) is 19.3. The van der Waals surface area contributed by atoms with Crippen molar-refractivity contribution in [2.75, 3.05) is 32.7 Å². The van der Waals surface area contributed by atoms with Gasteiger partial charge in [-0.3, -0.25) is 10.0 Å². The van der Waals surface area contributed by atoms with Crippen LogP contribution in [0.2, 0.25) is 0 Å². The van der Waals surface area contributed by atoms with Gasteiger partial charge in [0.2, 0.25) is 0 Å². The molecule has 1 fully saturated rings. The molecule has 1 saturated heterocycles. The van der Waals surface area contributed by atoms with Crippen LogP contribution in [0, 0.1) is 0 Å². The van der Waals surface area contributed by atoms with Gasteiger partial charge in [-0.15, -0.1) is 0 Å². The number of carbonyl (C=O) groups excluding carboxylic acids is 1. The second-order valence-corrected chi connectivity index (χ2v) is 12.4. The molecule has 0 radical (unpaired) electrons. The van der Waals surface area contributed by atoms with E-state index in [2.05, 4.69) is 0 Å². The number of rotatable bonds is 11. The first-order chi connectivity index (χ1) is 16.7. The fourth-order valence-corrected chi connectivity index (χ4v) is 7.16. The summed E-state index contributed by atoms with van der Waals surface area (Å²) in [5.41, 5.74) is 1.48. The SMILES string of the molecule is COc1ccc(S(=O)(=O)CCCCOc2ccc(S(=O)(=O)C3(C(=O)NO)CCOCC3)cc2)cc1. The first-order valence-electron chi connectivity index (χ1n) is 11.0. The molecule has 1 aliphatic heterocycles. The average molecular weight is 528 g/mol. The summed E-state index contributed by atoms with van der Waals surface area (Å²) in [6, 6.07) is 11.9. The Morgan fingerprint density at radius 1 is 0.943 bits per heavy atom. The van der Waals surface area contributed by atoms with Gasteiger partial charge in [-0.05, 0) is 74.2 Å². The van der Waals surface area contributed by atoms with E-state index in [1.54, 1.807) is 12.1 Å². The number of hydroxylamine groups is 1. The molecule has 0 bridgehead atoms. The normalized spacial score (nSPS) is 15.8. The van der Waals surface area contributed by atoms with Crippen LogP contribution >= 0.6 is 0 Å². The Bertz CT molecular complexity index is 1200. The highest BCUT2D eigenvalue weighted by atomic mass is 32.2. The Morgan fingerprint density at radius 3 is 2.09 bits per heavy atom. The summed E-state index contributed by atoms with van der Waals surface area (Å²) in [5, 5.41) is 9.12. The number of hydrogen-bond donors (Lipinski definition) is 2. The first kappa shape index (κ1) is 26.9. The van der Waals surface area contributed by atoms with E-state index >= 15 is 0 Å². The third-order valence-electron chi connectivity index (χ3n) is 5.96. The molecule has 0 atom stereocenters. The Labute approximate surface area is 205 Å². The fourth-order valence-electron chi connectivity index (χ4n) is 3.85. The summed E-state index contributed by atoms with van der Waals surface area (Å²) in [4.78, 5) is 12.5. The molecule has 2 aromatic carbocycles. The number of ether oxygens (including phenoxy) is 3. The number of benzene rings is 2. The van der Waals surface area contributed by atoms with Crippen LogP contribution in [0.3, 0.4) is 0 Å². The number of methoxy groups -OCH3 is 1. The van der Waals surface area contributed by atoms with Crippen LogP contribution in [-0.4, -0.2) is 65.4 Å². The summed E-state index contributed by atoms with van der Waals surface area (Å²) in [6.45, 7) is 0.419. The minimum Gasteiger partial charge on any atom is -0.497 e. The summed E-state index contributed by atoms with van der Waals surface area (Å²) >= 11 is 0. The highest BCUT2D eigenvalue weighted by Gasteiger charge is 2.52. The van der Waals surface area contributed by atoms with Crippen LogP contribution in [0.5, 0.6) is 11.5 Å². The van der Waals surface area contributed by atoms with Gasteiger partial charge in [-0.2, -0.15) is 0 Å². The zero-order chi connectivity index (χ0) is 25.5. The van der Waals surface area contributed by atoms with E-state index in [0.717, 1.165) is 0 Å². The lowest BCUT2D eigenvalue weighted by atomic mass is 9.98. The van der Waals surface area contributed by atoms with E-state index in [1.807, 2.05) is 0 Å². The minimum absolute atomic E-state index is 0.0292. The molecule has 1 aliphatic rings. The van der Waals surface area contributed by atoms with Gasteiger partial charge >= 0.3 is 0 Å². The quantitative estimate of drug-likeness (QED) is 0.255. The number of nitrogens with one attached hydrogen (secondary N) is 1. The van der Waals surface area contributed by atoms with Crippen molar-refractivity contribution in [1.82, 2.24) is 5.48 Å². The maximum absolute atomic E-state index is 13.2. The van der Waals surface area contributed by atoms with Crippen LogP contribution in [0.1, 0.15) is 25.7 Å². The van der Waals surface area contributed by atoms with Crippen molar-refractivity contribution in [1.29, 1.82) is 0 Å². The van der Waals surface area contributed by atoms with Crippen molar-refractivity contribution in [2.24, 2.45) is 0 Å². The van der Waals surface area contributed by atoms with Gasteiger partial charge in [0.15, 0.2) is 24.4 Å². The molecule has 0 aliphatic carbocycles. The van der Waals surface area contributed by atoms with Crippen LogP contribution in [0.15, 0.2) is 58.3 Å². The van der Waals surface area contributed by atoms with Gasteiger partial charge in [0.25, 0.3) is 5.91 Å². The van der Waals surface area contributed by atoms with E-state index in [9.17, 15) is 21.6 Å². The van der Waals surface area contributed by atoms with Crippen LogP contribution < -0.4 is 15.0 Å². The van der Waals surface area contributed by atoms with Gasteiger partial charge in [0.1, 0.15) is 11.5 Å². The van der Waals surface area contributed by atoms with Crippen molar-refractivity contribution in [2.45, 2.75) is 40.2 Å². The molecular weight excluding hydrogens is 498 g/mol. The molecule has 2 aromatic rings. The molecule has 0 aromatic heterocycles. The summed E-state index contributed by atoms with van der Waals surface area (Å²) in [7, 11) is -6.02. The topological polar surface area (TPSA) is 145 Å². The van der Waals surface area contributed by atoms with Crippen LogP contribution in [0.25, 0.3) is 0 Å². The molecule has 1 amide bonds. The van der Waals surface area contributed by atoms with E-state index < -0.39 is 30.3 Å². The number of sulfone groups is 2. The maximum Gasteiger partial charge on any atom is 0.265 e. The second-order valence-electron chi connectivity index (χ2n) is 8.07. The molecule has 1 heterocycles. The number of carbonyl (C=O) groups is 1. The van der Waals surface area contributed by atoms with Gasteiger partial charge in [0, 0.05) is 13.2 Å². The highest BCUT2D eigenvalue weighted by molar-refractivity contribution is 7.93. The standard InChI is InChI=1S/C23H29NO9S2/c1-31-18-4-8-20(9-5-18)34(27,28)17-3-2-14-33-19-6-10-21(11-7-19)35(29,30)23(22(25)24-26)12-15-32-16-13-23/h4-11,26H,2-3,12-17H2,1H3,(H,24,25). The highest BCUT2D eigenvalue weighted by Crippen LogP contribution is 2.35. The lowest BCUT2D eigenvalue weighted by Crippen LogP contribution is -2.54. The zero-order valence-corrected chi connectivity index (χ0v) is 20.9. The number of hydrogen-bond acceptors (Lipinski definition) is 9.